The van der Waals surface area contributed by atoms with Gasteiger partial charge in [-0.2, -0.15) is 0 Å². The maximum atomic E-state index is 12.0. The second kappa shape index (κ2) is 14.7. The van der Waals surface area contributed by atoms with Crippen molar-refractivity contribution in [2.75, 3.05) is 39.2 Å². The fraction of sp³-hybridized carbons (Fsp3) is 0.600. The van der Waals surface area contributed by atoms with Crippen LogP contribution in [-0.2, 0) is 9.53 Å². The van der Waals surface area contributed by atoms with E-state index in [4.69, 9.17) is 9.47 Å². The van der Waals surface area contributed by atoms with Crippen molar-refractivity contribution >= 4 is 12.1 Å². The molecule has 1 aromatic carbocycles. The van der Waals surface area contributed by atoms with Crippen molar-refractivity contribution in [3.05, 3.63) is 29.8 Å². The minimum absolute atomic E-state index is 0.167. The average Bonchev–Trinajstić information content (AvgIpc) is 2.60. The van der Waals surface area contributed by atoms with Crippen LogP contribution in [0.2, 0.25) is 0 Å². The van der Waals surface area contributed by atoms with Crippen LogP contribution in [0.5, 0.6) is 5.75 Å². The molecule has 1 amide bonds. The molecule has 156 valence electrons. The third-order valence-corrected chi connectivity index (χ3v) is 5.33. The van der Waals surface area contributed by atoms with Gasteiger partial charge in [0, 0.05) is 0 Å². The number of hydrogen-bond acceptors (Lipinski definition) is 5. The number of benzene rings is 1. The standard InChI is InChI=1S/C17H26IN2O4.C3H8/c1-13(21)23-16(18-2)14-7-9-15(10-8-14)24-17(22)20(5)12-6-11-19(3)4;1-3-2/h7-10,16H,6,11-12H2,1-5H3;3H2,1-2H3/q-1;. The molecule has 1 unspecified atom stereocenters. The van der Waals surface area contributed by atoms with Gasteiger partial charge in [-0.15, -0.1) is 0 Å². The summed E-state index contributed by atoms with van der Waals surface area (Å²) in [6, 6.07) is 7.14. The third kappa shape index (κ3) is 11.9. The summed E-state index contributed by atoms with van der Waals surface area (Å²) in [5, 5.41) is 0. The summed E-state index contributed by atoms with van der Waals surface area (Å²) < 4.78 is 10.5. The first-order valence-electron chi connectivity index (χ1n) is 9.07. The van der Waals surface area contributed by atoms with Crippen LogP contribution in [-0.4, -0.2) is 61.0 Å². The summed E-state index contributed by atoms with van der Waals surface area (Å²) in [6.45, 7) is 7.22. The first kappa shape index (κ1) is 25.6. The van der Waals surface area contributed by atoms with E-state index in [1.165, 1.54) is 13.3 Å². The molecular formula is C20H34IN2O4-. The third-order valence-electron chi connectivity index (χ3n) is 3.23. The number of halogens is 1. The normalized spacial score (nSPS) is 11.4. The zero-order chi connectivity index (χ0) is 20.8. The molecule has 0 bridgehead atoms. The van der Waals surface area contributed by atoms with Crippen molar-refractivity contribution in [3.8, 4) is 5.75 Å². The number of rotatable bonds is 8. The van der Waals surface area contributed by atoms with Crippen LogP contribution >= 0.6 is 0 Å². The Hall–Kier alpha value is -1.35. The predicted molar refractivity (Wildman–Crippen MR) is 105 cm³/mol. The van der Waals surface area contributed by atoms with Crippen molar-refractivity contribution < 1.29 is 40.3 Å². The van der Waals surface area contributed by atoms with Gasteiger partial charge >= 0.3 is 140 Å². The summed E-state index contributed by atoms with van der Waals surface area (Å²) >= 11 is -0.284. The Morgan fingerprint density at radius 1 is 1.07 bits per heavy atom. The number of amides is 1. The summed E-state index contributed by atoms with van der Waals surface area (Å²) in [6.07, 6.45) is 1.77. The van der Waals surface area contributed by atoms with Crippen molar-refractivity contribution in [2.24, 2.45) is 0 Å². The summed E-state index contributed by atoms with van der Waals surface area (Å²) in [7, 11) is 5.73. The maximum absolute atomic E-state index is 12.0. The van der Waals surface area contributed by atoms with Crippen LogP contribution in [0.25, 0.3) is 0 Å². The number of carbonyl (C=O) groups excluding carboxylic acids is 2. The fourth-order valence-electron chi connectivity index (χ4n) is 1.97. The molecule has 0 spiro atoms. The van der Waals surface area contributed by atoms with Gasteiger partial charge in [-0.25, -0.2) is 0 Å². The number of ether oxygens (including phenoxy) is 2. The Kier molecular flexibility index (Phi) is 13.9. The molecule has 1 rings (SSSR count). The molecule has 27 heavy (non-hydrogen) atoms. The fourth-order valence-corrected chi connectivity index (χ4v) is 3.71. The molecule has 7 heteroatoms. The van der Waals surface area contributed by atoms with Gasteiger partial charge in [0.15, 0.2) is 0 Å². The molecule has 0 saturated carbocycles. The van der Waals surface area contributed by atoms with E-state index in [0.29, 0.717) is 12.3 Å². The second-order valence-electron chi connectivity index (χ2n) is 6.37. The molecule has 0 aliphatic heterocycles. The molecule has 0 aromatic heterocycles. The Morgan fingerprint density at radius 3 is 2.07 bits per heavy atom. The van der Waals surface area contributed by atoms with Gasteiger partial charge in [0.25, 0.3) is 0 Å². The van der Waals surface area contributed by atoms with Crippen molar-refractivity contribution in [2.45, 2.75) is 37.7 Å². The quantitative estimate of drug-likeness (QED) is 0.304. The molecule has 0 fully saturated rings. The Labute approximate surface area is 174 Å². The number of hydrogen-bond donors (Lipinski definition) is 0. The van der Waals surface area contributed by atoms with Crippen molar-refractivity contribution in [1.29, 1.82) is 0 Å². The zero-order valence-corrected chi connectivity index (χ0v) is 19.8. The number of nitrogens with zero attached hydrogens (tertiary/aromatic N) is 2. The van der Waals surface area contributed by atoms with Gasteiger partial charge in [-0.1, -0.05) is 20.3 Å². The average molecular weight is 493 g/mol. The van der Waals surface area contributed by atoms with Gasteiger partial charge in [0.1, 0.15) is 0 Å². The van der Waals surface area contributed by atoms with Crippen LogP contribution < -0.4 is 25.9 Å². The molecule has 0 aliphatic rings. The van der Waals surface area contributed by atoms with E-state index in [0.717, 1.165) is 18.5 Å². The van der Waals surface area contributed by atoms with Crippen LogP contribution in [0.15, 0.2) is 24.3 Å². The van der Waals surface area contributed by atoms with Crippen LogP contribution in [0.3, 0.4) is 0 Å². The molecule has 1 atom stereocenters. The molecular weight excluding hydrogens is 459 g/mol. The van der Waals surface area contributed by atoms with Gasteiger partial charge in [-0.05, 0) is 14.1 Å². The molecule has 0 radical (unpaired) electrons. The summed E-state index contributed by atoms with van der Waals surface area (Å²) in [4.78, 5) is 28.9. The van der Waals surface area contributed by atoms with E-state index in [9.17, 15) is 9.59 Å². The topological polar surface area (TPSA) is 59.1 Å². The van der Waals surface area contributed by atoms with E-state index < -0.39 is 0 Å². The molecule has 0 aliphatic carbocycles. The first-order valence-corrected chi connectivity index (χ1v) is 12.5. The van der Waals surface area contributed by atoms with E-state index in [2.05, 4.69) is 23.7 Å². The molecule has 0 N–H and O–H groups in total. The predicted octanol–water partition coefficient (Wildman–Crippen LogP) is 0.766. The Balaban J connectivity index is 0.00000210. The molecule has 1 aromatic rings. The Morgan fingerprint density at radius 2 is 1.63 bits per heavy atom. The van der Waals surface area contributed by atoms with Crippen molar-refractivity contribution in [1.82, 2.24) is 9.80 Å². The van der Waals surface area contributed by atoms with Crippen LogP contribution in [0.4, 0.5) is 4.79 Å². The minimum atomic E-state index is -0.374. The number of esters is 1. The van der Waals surface area contributed by atoms with Gasteiger partial charge in [0.2, 0.25) is 0 Å². The first-order chi connectivity index (χ1) is 12.7. The number of carbonyl (C=O) groups is 2. The monoisotopic (exact) mass is 493 g/mol. The van der Waals surface area contributed by atoms with Crippen molar-refractivity contribution in [3.63, 3.8) is 0 Å². The van der Waals surface area contributed by atoms with Gasteiger partial charge in [-0.3, -0.25) is 0 Å². The molecule has 0 heterocycles. The zero-order valence-electron chi connectivity index (χ0n) is 17.6. The summed E-state index contributed by atoms with van der Waals surface area (Å²) in [5.74, 6) is 0.204. The Bertz CT molecular complexity index is 549. The van der Waals surface area contributed by atoms with Gasteiger partial charge in [0.05, 0.1) is 0 Å². The van der Waals surface area contributed by atoms with E-state index in [-0.39, 0.29) is 37.4 Å². The van der Waals surface area contributed by atoms with E-state index >= 15 is 0 Å². The van der Waals surface area contributed by atoms with Crippen LogP contribution in [0.1, 0.15) is 43.3 Å². The number of alkyl halides is 2. The summed E-state index contributed by atoms with van der Waals surface area (Å²) in [5.41, 5.74) is 0.930. The van der Waals surface area contributed by atoms with Gasteiger partial charge < -0.3 is 0 Å². The van der Waals surface area contributed by atoms with E-state index in [1.54, 1.807) is 24.1 Å². The molecule has 6 nitrogen and oxygen atoms in total. The SMILES string of the molecule is CCC.C[I-]C(OC(C)=O)c1ccc(OC(=O)N(C)CCCN(C)C)cc1. The van der Waals surface area contributed by atoms with Crippen LogP contribution in [0, 0.1) is 0 Å². The second-order valence-corrected chi connectivity index (χ2v) is 8.74. The van der Waals surface area contributed by atoms with E-state index in [1.807, 2.05) is 26.2 Å². The molecule has 0 saturated heterocycles.